The SMILES string of the molecule is CNC(=O)CCNC(=O)c1ccccc1Cl. The van der Waals surface area contributed by atoms with Crippen LogP contribution in [0.5, 0.6) is 0 Å². The van der Waals surface area contributed by atoms with E-state index in [1.165, 1.54) is 0 Å². The summed E-state index contributed by atoms with van der Waals surface area (Å²) < 4.78 is 0. The van der Waals surface area contributed by atoms with Gasteiger partial charge in [0.1, 0.15) is 0 Å². The van der Waals surface area contributed by atoms with Crippen LogP contribution >= 0.6 is 11.6 Å². The molecule has 0 atom stereocenters. The average molecular weight is 241 g/mol. The molecule has 16 heavy (non-hydrogen) atoms. The molecule has 1 aromatic rings. The van der Waals surface area contributed by atoms with Crippen LogP contribution in [0.2, 0.25) is 5.02 Å². The van der Waals surface area contributed by atoms with E-state index in [9.17, 15) is 9.59 Å². The number of rotatable bonds is 4. The van der Waals surface area contributed by atoms with Crippen LogP contribution < -0.4 is 10.6 Å². The molecule has 0 aliphatic carbocycles. The van der Waals surface area contributed by atoms with E-state index in [0.717, 1.165) is 0 Å². The van der Waals surface area contributed by atoms with Gasteiger partial charge in [0.05, 0.1) is 10.6 Å². The molecule has 4 nitrogen and oxygen atoms in total. The van der Waals surface area contributed by atoms with Crippen molar-refractivity contribution in [3.8, 4) is 0 Å². The predicted octanol–water partition coefficient (Wildman–Crippen LogP) is 1.21. The molecule has 86 valence electrons. The molecule has 0 fully saturated rings. The lowest BCUT2D eigenvalue weighted by molar-refractivity contribution is -0.120. The molecule has 2 amide bonds. The molecule has 0 radical (unpaired) electrons. The normalized spacial score (nSPS) is 9.62. The summed E-state index contributed by atoms with van der Waals surface area (Å²) in [5.74, 6) is -0.381. The molecular weight excluding hydrogens is 228 g/mol. The lowest BCUT2D eigenvalue weighted by atomic mass is 10.2. The molecule has 0 unspecified atom stereocenters. The highest BCUT2D eigenvalue weighted by atomic mass is 35.5. The van der Waals surface area contributed by atoms with E-state index in [0.29, 0.717) is 17.1 Å². The molecule has 1 aromatic carbocycles. The number of hydrogen-bond acceptors (Lipinski definition) is 2. The van der Waals surface area contributed by atoms with Gasteiger partial charge in [-0.25, -0.2) is 0 Å². The van der Waals surface area contributed by atoms with Crippen molar-refractivity contribution >= 4 is 23.4 Å². The minimum atomic E-state index is -0.269. The number of amides is 2. The van der Waals surface area contributed by atoms with E-state index < -0.39 is 0 Å². The van der Waals surface area contributed by atoms with E-state index in [2.05, 4.69) is 10.6 Å². The molecule has 0 heterocycles. The molecule has 1 rings (SSSR count). The molecule has 0 saturated heterocycles. The van der Waals surface area contributed by atoms with E-state index in [1.807, 2.05) is 0 Å². The predicted molar refractivity (Wildman–Crippen MR) is 62.5 cm³/mol. The van der Waals surface area contributed by atoms with Gasteiger partial charge in [0.2, 0.25) is 5.91 Å². The van der Waals surface area contributed by atoms with Crippen molar-refractivity contribution in [2.24, 2.45) is 0 Å². The Kier molecular flexibility index (Phi) is 4.79. The fourth-order valence-electron chi connectivity index (χ4n) is 1.16. The maximum Gasteiger partial charge on any atom is 0.252 e. The van der Waals surface area contributed by atoms with Crippen molar-refractivity contribution in [3.63, 3.8) is 0 Å². The summed E-state index contributed by atoms with van der Waals surface area (Å²) >= 11 is 5.85. The Morgan fingerprint density at radius 3 is 2.62 bits per heavy atom. The zero-order valence-electron chi connectivity index (χ0n) is 8.92. The third-order valence-corrected chi connectivity index (χ3v) is 2.36. The zero-order chi connectivity index (χ0) is 12.0. The Hall–Kier alpha value is -1.55. The first-order valence-corrected chi connectivity index (χ1v) is 5.26. The fourth-order valence-corrected chi connectivity index (χ4v) is 1.38. The van der Waals surface area contributed by atoms with Crippen molar-refractivity contribution in [3.05, 3.63) is 34.9 Å². The quantitative estimate of drug-likeness (QED) is 0.831. The highest BCUT2D eigenvalue weighted by molar-refractivity contribution is 6.33. The van der Waals surface area contributed by atoms with Crippen LogP contribution in [-0.4, -0.2) is 25.4 Å². The van der Waals surface area contributed by atoms with Crippen LogP contribution in [0.25, 0.3) is 0 Å². The summed E-state index contributed by atoms with van der Waals surface area (Å²) in [5, 5.41) is 5.50. The van der Waals surface area contributed by atoms with Crippen LogP contribution in [0, 0.1) is 0 Å². The van der Waals surface area contributed by atoms with Gasteiger partial charge in [-0.3, -0.25) is 9.59 Å². The number of carbonyl (C=O) groups excluding carboxylic acids is 2. The number of nitrogens with one attached hydrogen (secondary N) is 2. The molecule has 0 aliphatic rings. The summed E-state index contributed by atoms with van der Waals surface area (Å²) in [5.41, 5.74) is 0.418. The highest BCUT2D eigenvalue weighted by Crippen LogP contribution is 2.14. The first kappa shape index (κ1) is 12.5. The standard InChI is InChI=1S/C11H13ClN2O2/c1-13-10(15)6-7-14-11(16)8-4-2-3-5-9(8)12/h2-5H,6-7H2,1H3,(H,13,15)(H,14,16). The third-order valence-electron chi connectivity index (χ3n) is 2.03. The Balaban J connectivity index is 2.47. The van der Waals surface area contributed by atoms with Gasteiger partial charge >= 0.3 is 0 Å². The van der Waals surface area contributed by atoms with Crippen LogP contribution in [-0.2, 0) is 4.79 Å². The summed E-state index contributed by atoms with van der Waals surface area (Å²) in [6, 6.07) is 6.77. The van der Waals surface area contributed by atoms with Crippen molar-refractivity contribution < 1.29 is 9.59 Å². The molecule has 0 aromatic heterocycles. The second kappa shape index (κ2) is 6.12. The lowest BCUT2D eigenvalue weighted by Gasteiger charge is -2.05. The van der Waals surface area contributed by atoms with E-state index in [-0.39, 0.29) is 18.2 Å². The number of carbonyl (C=O) groups is 2. The number of hydrogen-bond donors (Lipinski definition) is 2. The monoisotopic (exact) mass is 240 g/mol. The Morgan fingerprint density at radius 2 is 2.00 bits per heavy atom. The number of benzene rings is 1. The zero-order valence-corrected chi connectivity index (χ0v) is 9.67. The Morgan fingerprint density at radius 1 is 1.31 bits per heavy atom. The minimum Gasteiger partial charge on any atom is -0.359 e. The van der Waals surface area contributed by atoms with Gasteiger partial charge in [-0.1, -0.05) is 23.7 Å². The van der Waals surface area contributed by atoms with Gasteiger partial charge in [-0.05, 0) is 12.1 Å². The smallest absolute Gasteiger partial charge is 0.252 e. The van der Waals surface area contributed by atoms with E-state index in [1.54, 1.807) is 31.3 Å². The topological polar surface area (TPSA) is 58.2 Å². The van der Waals surface area contributed by atoms with Gasteiger partial charge < -0.3 is 10.6 Å². The fraction of sp³-hybridized carbons (Fsp3) is 0.273. The van der Waals surface area contributed by atoms with Gasteiger partial charge in [-0.15, -0.1) is 0 Å². The van der Waals surface area contributed by atoms with E-state index >= 15 is 0 Å². The molecule has 0 spiro atoms. The molecular formula is C11H13ClN2O2. The summed E-state index contributed by atoms with van der Waals surface area (Å²) in [6.07, 6.45) is 0.257. The average Bonchev–Trinajstić information content (AvgIpc) is 2.29. The first-order valence-electron chi connectivity index (χ1n) is 4.88. The summed E-state index contributed by atoms with van der Waals surface area (Å²) in [6.45, 7) is 0.295. The van der Waals surface area contributed by atoms with Crippen LogP contribution in [0.3, 0.4) is 0 Å². The Labute approximate surface area is 99.0 Å². The second-order valence-electron chi connectivity index (χ2n) is 3.16. The molecule has 2 N–H and O–H groups in total. The van der Waals surface area contributed by atoms with Crippen LogP contribution in [0.4, 0.5) is 0 Å². The Bertz CT molecular complexity index is 393. The van der Waals surface area contributed by atoms with Crippen molar-refractivity contribution in [1.29, 1.82) is 0 Å². The third kappa shape index (κ3) is 3.55. The summed E-state index contributed by atoms with van der Waals surface area (Å²) in [7, 11) is 1.55. The minimum absolute atomic E-state index is 0.112. The van der Waals surface area contributed by atoms with Crippen molar-refractivity contribution in [1.82, 2.24) is 10.6 Å². The lowest BCUT2D eigenvalue weighted by Crippen LogP contribution is -2.29. The van der Waals surface area contributed by atoms with Gasteiger partial charge in [0, 0.05) is 20.0 Å². The molecule has 0 aliphatic heterocycles. The maximum absolute atomic E-state index is 11.6. The second-order valence-corrected chi connectivity index (χ2v) is 3.57. The molecule has 0 bridgehead atoms. The largest absolute Gasteiger partial charge is 0.359 e. The van der Waals surface area contributed by atoms with Gasteiger partial charge in [-0.2, -0.15) is 0 Å². The van der Waals surface area contributed by atoms with Crippen molar-refractivity contribution in [2.75, 3.05) is 13.6 Å². The van der Waals surface area contributed by atoms with E-state index in [4.69, 9.17) is 11.6 Å². The van der Waals surface area contributed by atoms with Gasteiger partial charge in [0.15, 0.2) is 0 Å². The molecule has 0 saturated carbocycles. The van der Waals surface area contributed by atoms with Crippen LogP contribution in [0.1, 0.15) is 16.8 Å². The maximum atomic E-state index is 11.6. The summed E-state index contributed by atoms with van der Waals surface area (Å²) in [4.78, 5) is 22.5. The molecule has 5 heteroatoms. The van der Waals surface area contributed by atoms with Gasteiger partial charge in [0.25, 0.3) is 5.91 Å². The van der Waals surface area contributed by atoms with Crippen molar-refractivity contribution in [2.45, 2.75) is 6.42 Å². The number of halogens is 1. The van der Waals surface area contributed by atoms with Crippen LogP contribution in [0.15, 0.2) is 24.3 Å². The first-order chi connectivity index (χ1) is 7.65. The highest BCUT2D eigenvalue weighted by Gasteiger charge is 2.08.